The van der Waals surface area contributed by atoms with Gasteiger partial charge in [-0.1, -0.05) is 11.6 Å². The second kappa shape index (κ2) is 6.93. The van der Waals surface area contributed by atoms with Crippen LogP contribution in [0.15, 0.2) is 22.6 Å². The van der Waals surface area contributed by atoms with Crippen molar-refractivity contribution in [1.29, 1.82) is 0 Å². The lowest BCUT2D eigenvalue weighted by Gasteiger charge is -2.68. The van der Waals surface area contributed by atoms with Gasteiger partial charge in [0.2, 0.25) is 11.8 Å². The minimum Gasteiger partial charge on any atom is -0.484 e. The summed E-state index contributed by atoms with van der Waals surface area (Å²) in [6.45, 7) is 1.91. The third-order valence-electron chi connectivity index (χ3n) is 5.79. The van der Waals surface area contributed by atoms with E-state index in [1.165, 1.54) is 12.1 Å². The van der Waals surface area contributed by atoms with Crippen LogP contribution in [0.4, 0.5) is 4.39 Å². The molecule has 2 bridgehead atoms. The van der Waals surface area contributed by atoms with Gasteiger partial charge in [-0.2, -0.15) is 0 Å². The van der Waals surface area contributed by atoms with Crippen molar-refractivity contribution in [2.75, 3.05) is 26.3 Å². The first-order chi connectivity index (χ1) is 14.0. The Morgan fingerprint density at radius 1 is 1.38 bits per heavy atom. The number of ether oxygens (including phenoxy) is 2. The Hall–Kier alpha value is -2.23. The van der Waals surface area contributed by atoms with E-state index < -0.39 is 5.82 Å². The first-order valence-electron chi connectivity index (χ1n) is 9.52. The van der Waals surface area contributed by atoms with Crippen molar-refractivity contribution in [3.8, 4) is 5.75 Å². The van der Waals surface area contributed by atoms with Crippen LogP contribution in [0.1, 0.15) is 37.1 Å². The van der Waals surface area contributed by atoms with Gasteiger partial charge in [-0.3, -0.25) is 4.79 Å². The van der Waals surface area contributed by atoms with Crippen molar-refractivity contribution in [2.45, 2.75) is 36.3 Å². The third kappa shape index (κ3) is 3.37. The molecule has 1 saturated heterocycles. The number of halogens is 2. The van der Waals surface area contributed by atoms with Crippen LogP contribution in [-0.4, -0.2) is 47.9 Å². The molecule has 2 aromatic rings. The summed E-state index contributed by atoms with van der Waals surface area (Å²) in [6, 6.07) is 4.07. The number of morpholine rings is 1. The second-order valence-corrected chi connectivity index (χ2v) is 8.42. The Kier molecular flexibility index (Phi) is 4.49. The third-order valence-corrected chi connectivity index (χ3v) is 6.10. The predicted molar refractivity (Wildman–Crippen MR) is 99.2 cm³/mol. The van der Waals surface area contributed by atoms with Crippen molar-refractivity contribution in [3.05, 3.63) is 40.8 Å². The molecule has 2 heterocycles. The molecule has 3 saturated carbocycles. The summed E-state index contributed by atoms with van der Waals surface area (Å²) in [5, 5.41) is 14.6. The maximum atomic E-state index is 13.4. The van der Waals surface area contributed by atoms with E-state index in [1.807, 2.05) is 0 Å². The first-order valence-corrected chi connectivity index (χ1v) is 9.90. The average Bonchev–Trinajstić information content (AvgIpc) is 3.15. The standard InChI is InChI=1S/C19H20ClFN4O4/c20-12-2-1-11(5-13(12)21)28-7-15(26)23-19-8-18(9-19,10-19)17-25-24-16(29-17)14-6-22-3-4-27-14/h1-2,5,14,22H,3-4,6-10H2,(H,23,26). The van der Waals surface area contributed by atoms with Gasteiger partial charge in [0.15, 0.2) is 6.61 Å². The van der Waals surface area contributed by atoms with Crippen molar-refractivity contribution in [2.24, 2.45) is 0 Å². The fourth-order valence-corrected chi connectivity index (χ4v) is 4.62. The van der Waals surface area contributed by atoms with Crippen LogP contribution in [0.3, 0.4) is 0 Å². The van der Waals surface area contributed by atoms with E-state index in [0.717, 1.165) is 31.9 Å². The number of aromatic nitrogens is 2. The molecule has 3 aliphatic carbocycles. The molecule has 1 aromatic heterocycles. The molecule has 4 aliphatic rings. The summed E-state index contributed by atoms with van der Waals surface area (Å²) < 4.78 is 30.3. The number of amides is 1. The van der Waals surface area contributed by atoms with E-state index in [2.05, 4.69) is 20.8 Å². The molecule has 4 fully saturated rings. The zero-order valence-electron chi connectivity index (χ0n) is 15.5. The van der Waals surface area contributed by atoms with Gasteiger partial charge < -0.3 is 24.5 Å². The molecule has 1 aliphatic heterocycles. The van der Waals surface area contributed by atoms with Gasteiger partial charge in [-0.15, -0.1) is 10.2 Å². The number of carbonyl (C=O) groups is 1. The average molecular weight is 423 g/mol. The van der Waals surface area contributed by atoms with Crippen LogP contribution in [0.25, 0.3) is 0 Å². The highest BCUT2D eigenvalue weighted by molar-refractivity contribution is 6.30. The molecule has 29 heavy (non-hydrogen) atoms. The number of rotatable bonds is 6. The van der Waals surface area contributed by atoms with Gasteiger partial charge in [-0.05, 0) is 31.4 Å². The molecule has 8 nitrogen and oxygen atoms in total. The van der Waals surface area contributed by atoms with Crippen LogP contribution in [0, 0.1) is 5.82 Å². The van der Waals surface area contributed by atoms with E-state index in [0.29, 0.717) is 24.9 Å². The Bertz CT molecular complexity index is 926. The number of hydrogen-bond acceptors (Lipinski definition) is 7. The van der Waals surface area contributed by atoms with E-state index >= 15 is 0 Å². The maximum absolute atomic E-state index is 13.4. The van der Waals surface area contributed by atoms with Crippen LogP contribution in [-0.2, 0) is 14.9 Å². The summed E-state index contributed by atoms with van der Waals surface area (Å²) in [4.78, 5) is 12.2. The smallest absolute Gasteiger partial charge is 0.258 e. The fraction of sp³-hybridized carbons (Fsp3) is 0.526. The topological polar surface area (TPSA) is 98.5 Å². The van der Waals surface area contributed by atoms with Crippen LogP contribution >= 0.6 is 11.6 Å². The summed E-state index contributed by atoms with van der Waals surface area (Å²) in [5.41, 5.74) is -0.399. The second-order valence-electron chi connectivity index (χ2n) is 8.01. The van der Waals surface area contributed by atoms with Crippen molar-refractivity contribution >= 4 is 17.5 Å². The number of hydrogen-bond donors (Lipinski definition) is 2. The van der Waals surface area contributed by atoms with Gasteiger partial charge in [0, 0.05) is 24.7 Å². The molecule has 6 rings (SSSR count). The Balaban J connectivity index is 1.12. The summed E-state index contributed by atoms with van der Waals surface area (Å²) in [7, 11) is 0. The summed E-state index contributed by atoms with van der Waals surface area (Å²) in [5.74, 6) is 0.541. The van der Waals surface area contributed by atoms with Crippen LogP contribution in [0.2, 0.25) is 5.02 Å². The van der Waals surface area contributed by atoms with Crippen molar-refractivity contribution < 1.29 is 23.1 Å². The highest BCUT2D eigenvalue weighted by Gasteiger charge is 2.71. The van der Waals surface area contributed by atoms with Crippen LogP contribution in [0.5, 0.6) is 5.75 Å². The highest BCUT2D eigenvalue weighted by atomic mass is 35.5. The zero-order valence-corrected chi connectivity index (χ0v) is 16.3. The van der Waals surface area contributed by atoms with Gasteiger partial charge >= 0.3 is 0 Å². The minimum atomic E-state index is -0.584. The summed E-state index contributed by atoms with van der Waals surface area (Å²) in [6.07, 6.45) is 2.06. The van der Waals surface area contributed by atoms with Gasteiger partial charge in [0.05, 0.1) is 17.0 Å². The summed E-state index contributed by atoms with van der Waals surface area (Å²) >= 11 is 5.63. The predicted octanol–water partition coefficient (Wildman–Crippen LogP) is 1.89. The maximum Gasteiger partial charge on any atom is 0.258 e. The highest BCUT2D eigenvalue weighted by Crippen LogP contribution is 2.67. The molecule has 1 atom stereocenters. The largest absolute Gasteiger partial charge is 0.484 e. The molecule has 0 radical (unpaired) electrons. The number of nitrogens with one attached hydrogen (secondary N) is 2. The quantitative estimate of drug-likeness (QED) is 0.733. The molecule has 1 amide bonds. The zero-order chi connectivity index (χ0) is 20.1. The Labute approximate surface area is 171 Å². The van der Waals surface area contributed by atoms with E-state index in [1.54, 1.807) is 0 Å². The van der Waals surface area contributed by atoms with Gasteiger partial charge in [0.1, 0.15) is 17.7 Å². The lowest BCUT2D eigenvalue weighted by Crippen LogP contribution is -2.77. The molecule has 1 unspecified atom stereocenters. The number of carbonyl (C=O) groups excluding carboxylic acids is 1. The van der Waals surface area contributed by atoms with Gasteiger partial charge in [0.25, 0.3) is 5.91 Å². The molecule has 2 N–H and O–H groups in total. The minimum absolute atomic E-state index is 0.0106. The molecule has 10 heteroatoms. The molecular weight excluding hydrogens is 403 g/mol. The molecule has 1 aromatic carbocycles. The number of benzene rings is 1. The molecule has 154 valence electrons. The molecular formula is C19H20ClFN4O4. The lowest BCUT2D eigenvalue weighted by atomic mass is 9.39. The Morgan fingerprint density at radius 3 is 2.93 bits per heavy atom. The first kappa shape index (κ1) is 18.8. The SMILES string of the molecule is O=C(COc1ccc(Cl)c(F)c1)NC12CC(c3nnc(C4CNCCO4)o3)(C1)C2. The normalized spacial score (nSPS) is 30.2. The monoisotopic (exact) mass is 422 g/mol. The van der Waals surface area contributed by atoms with E-state index in [9.17, 15) is 9.18 Å². The fourth-order valence-electron chi connectivity index (χ4n) is 4.50. The Morgan fingerprint density at radius 2 is 2.21 bits per heavy atom. The van der Waals surface area contributed by atoms with E-state index in [-0.39, 0.29) is 40.3 Å². The number of nitrogens with zero attached hydrogens (tertiary/aromatic N) is 2. The van der Waals surface area contributed by atoms with Crippen molar-refractivity contribution in [1.82, 2.24) is 20.8 Å². The van der Waals surface area contributed by atoms with Gasteiger partial charge in [-0.25, -0.2) is 4.39 Å². The lowest BCUT2D eigenvalue weighted by molar-refractivity contribution is -0.143. The molecule has 0 spiro atoms. The van der Waals surface area contributed by atoms with Crippen molar-refractivity contribution in [3.63, 3.8) is 0 Å². The van der Waals surface area contributed by atoms with Crippen LogP contribution < -0.4 is 15.4 Å². The van der Waals surface area contributed by atoms with E-state index in [4.69, 9.17) is 25.5 Å².